The molecule has 0 bridgehead atoms. The van der Waals surface area contributed by atoms with Crippen LogP contribution in [-0.4, -0.2) is 29.3 Å². The number of hydrogen-bond donors (Lipinski definition) is 1. The average molecular weight is 684 g/mol. The Morgan fingerprint density at radius 1 is 0.947 bits per heavy atom. The fourth-order valence-corrected chi connectivity index (χ4v) is 5.65. The molecule has 1 fully saturated rings. The van der Waals surface area contributed by atoms with Crippen LogP contribution >= 0.6 is 43.6 Å². The van der Waals surface area contributed by atoms with Gasteiger partial charge < -0.3 is 9.50 Å². The minimum Gasteiger partial charge on any atom is -0.378 e. The molecule has 16 heteroatoms. The molecule has 1 heterocycles. The van der Waals surface area contributed by atoms with Gasteiger partial charge in [-0.3, -0.25) is 25.0 Å². The van der Waals surface area contributed by atoms with E-state index in [0.717, 1.165) is 36.0 Å². The smallest absolute Gasteiger partial charge is 0.339 e. The summed E-state index contributed by atoms with van der Waals surface area (Å²) < 4.78 is 31.8. The number of rotatable bonds is 7. The van der Waals surface area contributed by atoms with Crippen molar-refractivity contribution in [2.75, 3.05) is 0 Å². The van der Waals surface area contributed by atoms with Gasteiger partial charge in [0.15, 0.2) is 5.17 Å². The molecule has 4 rings (SSSR count). The van der Waals surface area contributed by atoms with Crippen molar-refractivity contribution in [3.05, 3.63) is 100 Å². The van der Waals surface area contributed by atoms with E-state index in [1.165, 1.54) is 30.3 Å². The summed E-state index contributed by atoms with van der Waals surface area (Å²) in [6, 6.07) is 12.7. The Morgan fingerprint density at radius 2 is 1.61 bits per heavy atom. The van der Waals surface area contributed by atoms with E-state index in [9.17, 15) is 33.4 Å². The molecule has 0 aliphatic carbocycles. The summed E-state index contributed by atoms with van der Waals surface area (Å²) in [6.07, 6.45) is 1.42. The highest BCUT2D eigenvalue weighted by atomic mass is 79.9. The predicted molar refractivity (Wildman–Crippen MR) is 147 cm³/mol. The first-order valence-electron chi connectivity index (χ1n) is 10.1. The molecule has 194 valence electrons. The van der Waals surface area contributed by atoms with Gasteiger partial charge in [-0.05, 0) is 70.2 Å². The maximum atomic E-state index is 12.8. The quantitative estimate of drug-likeness (QED) is 0.142. The average Bonchev–Trinajstić information content (AvgIpc) is 3.20. The molecule has 0 spiro atoms. The number of nitro benzene ring substituents is 2. The summed E-state index contributed by atoms with van der Waals surface area (Å²) in [5.74, 6) is -0.591. The number of benzene rings is 3. The number of halogens is 2. The van der Waals surface area contributed by atoms with Gasteiger partial charge in [0.25, 0.3) is 17.3 Å². The standard InChI is InChI=1S/C22H12Br2N4O8S2/c23-13-1-8-19(36-38(34,35)16-5-2-14(3-6-16)27(30)31)12(9-13)10-20-21(29)26-22(37-20)25-18-7-4-15(28(32)33)11-17(18)24/h1-11H,(H,25,26,29)/b20-10+. The van der Waals surface area contributed by atoms with E-state index in [1.807, 2.05) is 0 Å². The summed E-state index contributed by atoms with van der Waals surface area (Å²) in [5, 5.41) is 24.6. The van der Waals surface area contributed by atoms with Crippen LogP contribution in [0.5, 0.6) is 5.75 Å². The van der Waals surface area contributed by atoms with Crippen molar-refractivity contribution in [3.8, 4) is 5.75 Å². The molecule has 0 aromatic heterocycles. The van der Waals surface area contributed by atoms with Gasteiger partial charge in [0.05, 0.1) is 24.9 Å². The molecule has 0 unspecified atom stereocenters. The van der Waals surface area contributed by atoms with Crippen molar-refractivity contribution in [1.82, 2.24) is 5.32 Å². The molecule has 0 saturated carbocycles. The van der Waals surface area contributed by atoms with E-state index in [2.05, 4.69) is 42.2 Å². The van der Waals surface area contributed by atoms with Crippen molar-refractivity contribution in [3.63, 3.8) is 0 Å². The van der Waals surface area contributed by atoms with E-state index in [4.69, 9.17) is 4.18 Å². The zero-order valence-corrected chi connectivity index (χ0v) is 23.3. The Labute approximate surface area is 235 Å². The van der Waals surface area contributed by atoms with Gasteiger partial charge in [-0.2, -0.15) is 8.42 Å². The van der Waals surface area contributed by atoms with E-state index in [1.54, 1.807) is 12.1 Å². The van der Waals surface area contributed by atoms with E-state index in [0.29, 0.717) is 14.6 Å². The molecular formula is C22H12Br2N4O8S2. The van der Waals surface area contributed by atoms with Gasteiger partial charge in [-0.15, -0.1) is 0 Å². The topological polar surface area (TPSA) is 171 Å². The summed E-state index contributed by atoms with van der Waals surface area (Å²) >= 11 is 7.50. The Balaban J connectivity index is 1.61. The molecule has 1 saturated heterocycles. The van der Waals surface area contributed by atoms with Crippen LogP contribution in [0.15, 0.2) is 84.4 Å². The second-order valence-electron chi connectivity index (χ2n) is 7.35. The number of amides is 1. The zero-order valence-electron chi connectivity index (χ0n) is 18.5. The van der Waals surface area contributed by atoms with Crippen molar-refractivity contribution in [2.45, 2.75) is 4.90 Å². The van der Waals surface area contributed by atoms with Crippen molar-refractivity contribution in [1.29, 1.82) is 0 Å². The van der Waals surface area contributed by atoms with Crippen LogP contribution in [0.1, 0.15) is 5.56 Å². The van der Waals surface area contributed by atoms with Crippen molar-refractivity contribution < 1.29 is 27.2 Å². The first-order chi connectivity index (χ1) is 17.9. The van der Waals surface area contributed by atoms with Crippen LogP contribution in [0.25, 0.3) is 6.08 Å². The number of aliphatic imine (C=N–C) groups is 1. The molecule has 3 aromatic carbocycles. The molecule has 0 atom stereocenters. The van der Waals surface area contributed by atoms with Crippen LogP contribution < -0.4 is 9.50 Å². The van der Waals surface area contributed by atoms with Crippen LogP contribution in [0.3, 0.4) is 0 Å². The largest absolute Gasteiger partial charge is 0.378 e. The molecule has 1 aliphatic rings. The lowest BCUT2D eigenvalue weighted by Gasteiger charge is -2.10. The highest BCUT2D eigenvalue weighted by molar-refractivity contribution is 9.10. The Bertz CT molecular complexity index is 1660. The fourth-order valence-electron chi connectivity index (χ4n) is 3.04. The SMILES string of the molecule is O=C1NC(=Nc2ccc([N+](=O)[O-])cc2Br)S/C1=C/c1cc(Br)ccc1OS(=O)(=O)c1ccc([N+](=O)[O-])cc1. The van der Waals surface area contributed by atoms with Gasteiger partial charge in [-0.1, -0.05) is 15.9 Å². The minimum atomic E-state index is -4.36. The molecule has 3 aromatic rings. The van der Waals surface area contributed by atoms with E-state index < -0.39 is 25.9 Å². The lowest BCUT2D eigenvalue weighted by atomic mass is 10.2. The van der Waals surface area contributed by atoms with Gasteiger partial charge >= 0.3 is 10.1 Å². The summed E-state index contributed by atoms with van der Waals surface area (Å²) in [5.41, 5.74) is 0.191. The normalized spacial score (nSPS) is 15.5. The summed E-state index contributed by atoms with van der Waals surface area (Å²) in [4.78, 5) is 37.4. The second kappa shape index (κ2) is 11.0. The Hall–Kier alpha value is -3.60. The van der Waals surface area contributed by atoms with Gasteiger partial charge in [-0.25, -0.2) is 4.99 Å². The molecule has 1 aliphatic heterocycles. The number of non-ortho nitro benzene ring substituents is 2. The van der Waals surface area contributed by atoms with E-state index >= 15 is 0 Å². The number of nitro groups is 2. The summed E-state index contributed by atoms with van der Waals surface area (Å²) in [7, 11) is -4.36. The highest BCUT2D eigenvalue weighted by Gasteiger charge is 2.26. The monoisotopic (exact) mass is 682 g/mol. The molecule has 12 nitrogen and oxygen atoms in total. The van der Waals surface area contributed by atoms with E-state index in [-0.39, 0.29) is 37.7 Å². The predicted octanol–water partition coefficient (Wildman–Crippen LogP) is 5.69. The third-order valence-corrected chi connectivity index (χ3v) is 8.10. The van der Waals surface area contributed by atoms with Crippen molar-refractivity contribution in [2.24, 2.45) is 4.99 Å². The number of nitrogens with zero attached hydrogens (tertiary/aromatic N) is 3. The van der Waals surface area contributed by atoms with Crippen LogP contribution in [0, 0.1) is 20.2 Å². The van der Waals surface area contributed by atoms with Gasteiger partial charge in [0.2, 0.25) is 0 Å². The number of nitrogens with one attached hydrogen (secondary N) is 1. The number of hydrogen-bond acceptors (Lipinski definition) is 10. The number of carbonyl (C=O) groups excluding carboxylic acids is 1. The molecule has 1 N–H and O–H groups in total. The third kappa shape index (κ3) is 6.27. The Morgan fingerprint density at radius 3 is 2.24 bits per heavy atom. The fraction of sp³-hybridized carbons (Fsp3) is 0. The van der Waals surface area contributed by atoms with Crippen LogP contribution in [0.4, 0.5) is 17.1 Å². The Kier molecular flexibility index (Phi) is 7.96. The molecule has 1 amide bonds. The first kappa shape index (κ1) is 27.4. The van der Waals surface area contributed by atoms with Crippen LogP contribution in [-0.2, 0) is 14.9 Å². The lowest BCUT2D eigenvalue weighted by molar-refractivity contribution is -0.385. The minimum absolute atomic E-state index is 0.0871. The third-order valence-electron chi connectivity index (χ3n) is 4.81. The summed E-state index contributed by atoms with van der Waals surface area (Å²) in [6.45, 7) is 0. The number of thioether (sulfide) groups is 1. The molecular weight excluding hydrogens is 672 g/mol. The maximum absolute atomic E-state index is 12.8. The van der Waals surface area contributed by atoms with Gasteiger partial charge in [0.1, 0.15) is 10.6 Å². The number of carbonyl (C=O) groups is 1. The zero-order chi connectivity index (χ0) is 27.6. The molecule has 38 heavy (non-hydrogen) atoms. The highest BCUT2D eigenvalue weighted by Crippen LogP contribution is 2.35. The number of amidine groups is 1. The van der Waals surface area contributed by atoms with Crippen molar-refractivity contribution >= 4 is 88.0 Å². The maximum Gasteiger partial charge on any atom is 0.339 e. The lowest BCUT2D eigenvalue weighted by Crippen LogP contribution is -2.19. The van der Waals surface area contributed by atoms with Gasteiger partial charge in [0, 0.05) is 34.3 Å². The first-order valence-corrected chi connectivity index (χ1v) is 14.0. The van der Waals surface area contributed by atoms with Crippen LogP contribution in [0.2, 0.25) is 0 Å². The second-order valence-corrected chi connectivity index (χ2v) is 11.7. The molecule has 0 radical (unpaired) electrons.